The first-order valence-electron chi connectivity index (χ1n) is 5.27. The van der Waals surface area contributed by atoms with Gasteiger partial charge in [-0.25, -0.2) is 4.79 Å². The molecule has 1 fully saturated rings. The van der Waals surface area contributed by atoms with Gasteiger partial charge in [0.25, 0.3) is 0 Å². The van der Waals surface area contributed by atoms with Gasteiger partial charge < -0.3 is 14.4 Å². The first-order valence-corrected chi connectivity index (χ1v) is 6.35. The predicted molar refractivity (Wildman–Crippen MR) is 67.8 cm³/mol. The molecule has 88 valence electrons. The zero-order chi connectivity index (χ0) is 11.7. The maximum Gasteiger partial charge on any atom is 0.352 e. The number of rotatable bonds is 3. The van der Waals surface area contributed by atoms with Gasteiger partial charge in [-0.1, -0.05) is 0 Å². The minimum atomic E-state index is -0.871. The molecule has 2 unspecified atom stereocenters. The Balaban J connectivity index is 2.35. The summed E-state index contributed by atoms with van der Waals surface area (Å²) < 4.78 is 8.21. The van der Waals surface area contributed by atoms with Gasteiger partial charge in [-0.3, -0.25) is 0 Å². The molecule has 0 amide bonds. The van der Waals surface area contributed by atoms with Crippen LogP contribution in [-0.4, -0.2) is 28.9 Å². The van der Waals surface area contributed by atoms with E-state index in [9.17, 15) is 4.79 Å². The van der Waals surface area contributed by atoms with Crippen molar-refractivity contribution in [1.82, 2.24) is 4.57 Å². The fourth-order valence-corrected chi connectivity index (χ4v) is 2.99. The zero-order valence-electron chi connectivity index (χ0n) is 9.02. The lowest BCUT2D eigenvalue weighted by atomic mass is 10.2. The van der Waals surface area contributed by atoms with Gasteiger partial charge in [-0.2, -0.15) is 0 Å². The van der Waals surface area contributed by atoms with Crippen LogP contribution in [0.2, 0.25) is 0 Å². The molecule has 0 saturated heterocycles. The number of halogens is 1. The Labute approximate surface area is 108 Å². The van der Waals surface area contributed by atoms with Crippen LogP contribution in [0.4, 0.5) is 0 Å². The zero-order valence-corrected chi connectivity index (χ0v) is 11.2. The van der Waals surface area contributed by atoms with E-state index in [0.717, 1.165) is 22.8 Å². The van der Waals surface area contributed by atoms with Crippen LogP contribution in [-0.2, 0) is 4.74 Å². The van der Waals surface area contributed by atoms with E-state index in [1.54, 1.807) is 13.2 Å². The van der Waals surface area contributed by atoms with Crippen molar-refractivity contribution >= 4 is 28.6 Å². The maximum absolute atomic E-state index is 11.1. The number of carbonyl (C=O) groups is 1. The Kier molecular flexibility index (Phi) is 3.53. The van der Waals surface area contributed by atoms with Crippen molar-refractivity contribution in [3.05, 3.63) is 21.5 Å². The van der Waals surface area contributed by atoms with Crippen molar-refractivity contribution in [2.75, 3.05) is 7.11 Å². The Morgan fingerprint density at radius 1 is 1.62 bits per heavy atom. The number of aromatic carboxylic acids is 1. The van der Waals surface area contributed by atoms with E-state index in [-0.39, 0.29) is 12.1 Å². The summed E-state index contributed by atoms with van der Waals surface area (Å²) >= 11 is 2.14. The average molecular weight is 335 g/mol. The lowest BCUT2D eigenvalue weighted by Gasteiger charge is -2.21. The largest absolute Gasteiger partial charge is 0.477 e. The van der Waals surface area contributed by atoms with Crippen LogP contribution in [0, 0.1) is 3.57 Å². The molecule has 0 aromatic carbocycles. The molecule has 2 atom stereocenters. The summed E-state index contributed by atoms with van der Waals surface area (Å²) in [6.07, 6.45) is 5.13. The number of hydrogen-bond acceptors (Lipinski definition) is 2. The van der Waals surface area contributed by atoms with Gasteiger partial charge in [-0.15, -0.1) is 0 Å². The summed E-state index contributed by atoms with van der Waals surface area (Å²) in [5, 5.41) is 9.13. The Morgan fingerprint density at radius 3 is 3.00 bits per heavy atom. The second kappa shape index (κ2) is 4.75. The summed E-state index contributed by atoms with van der Waals surface area (Å²) in [5.74, 6) is -0.871. The van der Waals surface area contributed by atoms with Crippen LogP contribution >= 0.6 is 22.6 Å². The van der Waals surface area contributed by atoms with Crippen LogP contribution in [0.3, 0.4) is 0 Å². The molecule has 1 heterocycles. The van der Waals surface area contributed by atoms with Crippen LogP contribution in [0.25, 0.3) is 0 Å². The van der Waals surface area contributed by atoms with E-state index < -0.39 is 5.97 Å². The second-order valence-corrected chi connectivity index (χ2v) is 5.27. The number of aromatic nitrogens is 1. The second-order valence-electron chi connectivity index (χ2n) is 4.03. The van der Waals surface area contributed by atoms with E-state index in [2.05, 4.69) is 22.6 Å². The minimum absolute atomic E-state index is 0.140. The molecule has 4 nitrogen and oxygen atoms in total. The van der Waals surface area contributed by atoms with Gasteiger partial charge in [0.15, 0.2) is 0 Å². The molecule has 1 aromatic heterocycles. The van der Waals surface area contributed by atoms with E-state index in [1.807, 2.05) is 10.8 Å². The van der Waals surface area contributed by atoms with Crippen LogP contribution in [0.15, 0.2) is 12.3 Å². The van der Waals surface area contributed by atoms with E-state index in [1.165, 1.54) is 0 Å². The third-order valence-corrected chi connectivity index (χ3v) is 3.70. The molecule has 1 saturated carbocycles. The third-order valence-electron chi connectivity index (χ3n) is 3.11. The minimum Gasteiger partial charge on any atom is -0.477 e. The summed E-state index contributed by atoms with van der Waals surface area (Å²) in [6.45, 7) is 0. The first-order chi connectivity index (χ1) is 7.63. The highest BCUT2D eigenvalue weighted by Gasteiger charge is 2.31. The SMILES string of the molecule is COC1CCCC1n1cc(I)cc1C(=O)O. The van der Waals surface area contributed by atoms with Gasteiger partial charge in [0.05, 0.1) is 12.1 Å². The van der Waals surface area contributed by atoms with Crippen LogP contribution in [0.1, 0.15) is 35.8 Å². The molecular formula is C11H14INO3. The van der Waals surface area contributed by atoms with Crippen molar-refractivity contribution in [2.45, 2.75) is 31.4 Å². The van der Waals surface area contributed by atoms with Crippen molar-refractivity contribution < 1.29 is 14.6 Å². The van der Waals surface area contributed by atoms with Crippen LogP contribution < -0.4 is 0 Å². The Hall–Kier alpha value is -0.560. The summed E-state index contributed by atoms with van der Waals surface area (Å²) in [5.41, 5.74) is 0.360. The van der Waals surface area contributed by atoms with E-state index >= 15 is 0 Å². The smallest absolute Gasteiger partial charge is 0.352 e. The highest BCUT2D eigenvalue weighted by Crippen LogP contribution is 2.34. The highest BCUT2D eigenvalue weighted by molar-refractivity contribution is 14.1. The summed E-state index contributed by atoms with van der Waals surface area (Å²) in [6, 6.07) is 1.87. The monoisotopic (exact) mass is 335 g/mol. The Bertz CT molecular complexity index is 402. The molecule has 0 spiro atoms. The summed E-state index contributed by atoms with van der Waals surface area (Å²) in [4.78, 5) is 11.1. The van der Waals surface area contributed by atoms with Gasteiger partial charge in [0.1, 0.15) is 5.69 Å². The number of hydrogen-bond donors (Lipinski definition) is 1. The normalized spacial score (nSPS) is 24.9. The van der Waals surface area contributed by atoms with Crippen molar-refractivity contribution in [3.63, 3.8) is 0 Å². The third kappa shape index (κ3) is 2.10. The molecule has 0 aliphatic heterocycles. The molecule has 1 aromatic rings. The molecule has 16 heavy (non-hydrogen) atoms. The van der Waals surface area contributed by atoms with E-state index in [0.29, 0.717) is 5.69 Å². The molecule has 0 radical (unpaired) electrons. The van der Waals surface area contributed by atoms with E-state index in [4.69, 9.17) is 9.84 Å². The fraction of sp³-hybridized carbons (Fsp3) is 0.545. The fourth-order valence-electron chi connectivity index (χ4n) is 2.39. The van der Waals surface area contributed by atoms with Gasteiger partial charge in [-0.05, 0) is 47.9 Å². The van der Waals surface area contributed by atoms with Gasteiger partial charge >= 0.3 is 5.97 Å². The quantitative estimate of drug-likeness (QED) is 0.864. The molecule has 1 aliphatic carbocycles. The van der Waals surface area contributed by atoms with Gasteiger partial charge in [0.2, 0.25) is 0 Å². The first kappa shape index (κ1) is 11.9. The van der Waals surface area contributed by atoms with Crippen molar-refractivity contribution in [3.8, 4) is 0 Å². The van der Waals surface area contributed by atoms with Crippen LogP contribution in [0.5, 0.6) is 0 Å². The number of ether oxygens (including phenoxy) is 1. The number of nitrogens with zero attached hydrogens (tertiary/aromatic N) is 1. The summed E-state index contributed by atoms with van der Waals surface area (Å²) in [7, 11) is 1.69. The molecule has 5 heteroatoms. The van der Waals surface area contributed by atoms with Crippen molar-refractivity contribution in [2.24, 2.45) is 0 Å². The molecule has 1 aliphatic rings. The Morgan fingerprint density at radius 2 is 2.38 bits per heavy atom. The molecule has 0 bridgehead atoms. The molecule has 1 N–H and O–H groups in total. The average Bonchev–Trinajstić information content (AvgIpc) is 2.82. The number of methoxy groups -OCH3 is 1. The molecule has 2 rings (SSSR count). The number of carboxylic acids is 1. The lowest BCUT2D eigenvalue weighted by molar-refractivity contribution is 0.0628. The lowest BCUT2D eigenvalue weighted by Crippen LogP contribution is -2.22. The predicted octanol–water partition coefficient (Wildman–Crippen LogP) is 2.53. The molecular weight excluding hydrogens is 321 g/mol. The highest BCUT2D eigenvalue weighted by atomic mass is 127. The topological polar surface area (TPSA) is 51.5 Å². The standard InChI is InChI=1S/C11H14INO3/c1-16-10-4-2-3-8(10)13-6-7(12)5-9(13)11(14)15/h5-6,8,10H,2-4H2,1H3,(H,14,15). The maximum atomic E-state index is 11.1. The van der Waals surface area contributed by atoms with Gasteiger partial charge in [0, 0.05) is 16.9 Å². The van der Waals surface area contributed by atoms with Crippen molar-refractivity contribution in [1.29, 1.82) is 0 Å². The number of carboxylic acid groups (broad SMARTS) is 1.